The van der Waals surface area contributed by atoms with Gasteiger partial charge in [-0.05, 0) is 35.9 Å². The molecule has 0 aliphatic heterocycles. The van der Waals surface area contributed by atoms with Gasteiger partial charge >= 0.3 is 0 Å². The Morgan fingerprint density at radius 3 is 2.24 bits per heavy atom. The molecule has 0 unspecified atom stereocenters. The summed E-state index contributed by atoms with van der Waals surface area (Å²) < 4.78 is 31.4. The molecule has 0 atom stereocenters. The summed E-state index contributed by atoms with van der Waals surface area (Å²) >= 11 is 0. The van der Waals surface area contributed by atoms with Crippen molar-refractivity contribution in [2.24, 2.45) is 0 Å². The normalized spacial score (nSPS) is 11.6. The van der Waals surface area contributed by atoms with Gasteiger partial charge in [0.2, 0.25) is 0 Å². The minimum atomic E-state index is -3.37. The summed E-state index contributed by atoms with van der Waals surface area (Å²) in [7, 11) is -1.77. The summed E-state index contributed by atoms with van der Waals surface area (Å²) in [6.45, 7) is 0. The van der Waals surface area contributed by atoms with Crippen LogP contribution < -0.4 is 4.74 Å². The molecule has 0 saturated carbocycles. The summed E-state index contributed by atoms with van der Waals surface area (Å²) in [5.74, 6) is 0.743. The van der Waals surface area contributed by atoms with Crippen molar-refractivity contribution in [1.82, 2.24) is 14.5 Å². The van der Waals surface area contributed by atoms with Gasteiger partial charge in [-0.1, -0.05) is 42.5 Å². The van der Waals surface area contributed by atoms with E-state index in [4.69, 9.17) is 4.74 Å². The molecule has 3 aromatic carbocycles. The number of hydrogen-bond acceptors (Lipinski definition) is 6. The van der Waals surface area contributed by atoms with Crippen molar-refractivity contribution in [3.63, 3.8) is 0 Å². The summed E-state index contributed by atoms with van der Waals surface area (Å²) in [4.78, 5) is 9.07. The van der Waals surface area contributed by atoms with E-state index in [-0.39, 0.29) is 10.6 Å². The molecule has 8 heteroatoms. The molecule has 0 bridgehead atoms. The lowest BCUT2D eigenvalue weighted by Gasteiger charge is -2.11. The number of hydrogen-bond donors (Lipinski definition) is 1. The van der Waals surface area contributed by atoms with E-state index >= 15 is 0 Å². The van der Waals surface area contributed by atoms with E-state index in [0.717, 1.165) is 17.0 Å². The standard InChI is InChI=1S/C26H21N3O4S/c1-33-20-13-11-19(12-14-20)29-16-28-22-15-27-24(26(30)25(22)29)18-9-7-17(8-10-18)21-5-3-4-6-23(21)34(2,31)32/h3-16,30H,1-2H3. The summed E-state index contributed by atoms with van der Waals surface area (Å²) in [6.07, 6.45) is 4.46. The molecule has 0 aliphatic rings. The maximum Gasteiger partial charge on any atom is 0.176 e. The smallest absolute Gasteiger partial charge is 0.176 e. The number of imidazole rings is 1. The highest BCUT2D eigenvalue weighted by atomic mass is 32.2. The van der Waals surface area contributed by atoms with Crippen molar-refractivity contribution >= 4 is 20.9 Å². The minimum absolute atomic E-state index is 0.00936. The Balaban J connectivity index is 1.57. The molecule has 0 aliphatic carbocycles. The Hall–Kier alpha value is -4.17. The van der Waals surface area contributed by atoms with E-state index in [1.807, 2.05) is 48.5 Å². The van der Waals surface area contributed by atoms with Crippen LogP contribution in [0.4, 0.5) is 0 Å². The number of sulfone groups is 1. The average Bonchev–Trinajstić information content (AvgIpc) is 3.29. The van der Waals surface area contributed by atoms with Gasteiger partial charge in [0, 0.05) is 23.1 Å². The molecule has 0 radical (unpaired) electrons. The van der Waals surface area contributed by atoms with Crippen molar-refractivity contribution in [2.75, 3.05) is 13.4 Å². The number of ether oxygens (including phenoxy) is 1. The molecule has 1 N–H and O–H groups in total. The molecule has 0 amide bonds. The van der Waals surface area contributed by atoms with Crippen LogP contribution in [0, 0.1) is 0 Å². The van der Waals surface area contributed by atoms with Crippen molar-refractivity contribution in [3.05, 3.63) is 85.3 Å². The van der Waals surface area contributed by atoms with Gasteiger partial charge in [-0.25, -0.2) is 18.4 Å². The van der Waals surface area contributed by atoms with Gasteiger partial charge in [-0.15, -0.1) is 0 Å². The van der Waals surface area contributed by atoms with Gasteiger partial charge in [0.15, 0.2) is 15.6 Å². The molecule has 0 saturated heterocycles. The van der Waals surface area contributed by atoms with E-state index in [1.165, 1.54) is 6.26 Å². The van der Waals surface area contributed by atoms with Gasteiger partial charge in [0.1, 0.15) is 28.8 Å². The Morgan fingerprint density at radius 2 is 1.56 bits per heavy atom. The SMILES string of the molecule is COc1ccc(-n2cnc3cnc(-c4ccc(-c5ccccc5S(C)(=O)=O)cc4)c(O)c32)cc1. The monoisotopic (exact) mass is 471 g/mol. The predicted octanol–water partition coefficient (Wildman–Crippen LogP) is 4.87. The maximum atomic E-state index is 12.2. The van der Waals surface area contributed by atoms with Crippen LogP contribution >= 0.6 is 0 Å². The Bertz CT molecular complexity index is 1610. The van der Waals surface area contributed by atoms with Crippen molar-refractivity contribution in [3.8, 4) is 39.6 Å². The largest absolute Gasteiger partial charge is 0.504 e. The second-order valence-corrected chi connectivity index (χ2v) is 9.83. The zero-order valence-electron chi connectivity index (χ0n) is 18.5. The summed E-state index contributed by atoms with van der Waals surface area (Å²) in [5, 5.41) is 11.1. The summed E-state index contributed by atoms with van der Waals surface area (Å²) in [6, 6.07) is 21.6. The minimum Gasteiger partial charge on any atom is -0.504 e. The molecule has 0 fully saturated rings. The fourth-order valence-corrected chi connectivity index (χ4v) is 4.89. The van der Waals surface area contributed by atoms with Crippen LogP contribution in [-0.2, 0) is 9.84 Å². The first-order valence-electron chi connectivity index (χ1n) is 10.5. The van der Waals surface area contributed by atoms with E-state index in [0.29, 0.717) is 27.9 Å². The van der Waals surface area contributed by atoms with Gasteiger partial charge in [-0.3, -0.25) is 4.57 Å². The van der Waals surface area contributed by atoms with Crippen LogP contribution in [0.3, 0.4) is 0 Å². The van der Waals surface area contributed by atoms with E-state index in [1.54, 1.807) is 48.5 Å². The molecule has 170 valence electrons. The lowest BCUT2D eigenvalue weighted by molar-refractivity contribution is 0.415. The Labute approximate surface area is 196 Å². The number of fused-ring (bicyclic) bond motifs is 1. The molecule has 0 spiro atoms. The van der Waals surface area contributed by atoms with Gasteiger partial charge < -0.3 is 9.84 Å². The zero-order chi connectivity index (χ0) is 23.9. The number of nitrogens with zero attached hydrogens (tertiary/aromatic N) is 3. The fraction of sp³-hybridized carbons (Fsp3) is 0.0769. The zero-order valence-corrected chi connectivity index (χ0v) is 19.3. The molecular weight excluding hydrogens is 450 g/mol. The average molecular weight is 472 g/mol. The topological polar surface area (TPSA) is 94.3 Å². The first-order chi connectivity index (χ1) is 16.4. The molecule has 5 aromatic rings. The maximum absolute atomic E-state index is 12.2. The van der Waals surface area contributed by atoms with Crippen molar-refractivity contribution < 1.29 is 18.3 Å². The quantitative estimate of drug-likeness (QED) is 0.393. The number of aromatic hydroxyl groups is 1. The van der Waals surface area contributed by atoms with Gasteiger partial charge in [-0.2, -0.15) is 0 Å². The van der Waals surface area contributed by atoms with Crippen LogP contribution in [0.2, 0.25) is 0 Å². The molecule has 5 rings (SSSR count). The highest BCUT2D eigenvalue weighted by molar-refractivity contribution is 7.90. The fourth-order valence-electron chi connectivity index (χ4n) is 3.98. The first kappa shape index (κ1) is 21.7. The van der Waals surface area contributed by atoms with Crippen LogP contribution in [0.1, 0.15) is 0 Å². The van der Waals surface area contributed by atoms with Crippen molar-refractivity contribution in [2.45, 2.75) is 4.90 Å². The van der Waals surface area contributed by atoms with Gasteiger partial charge in [0.05, 0.1) is 18.2 Å². The first-order valence-corrected chi connectivity index (χ1v) is 12.4. The number of aromatic nitrogens is 3. The van der Waals surface area contributed by atoms with E-state index < -0.39 is 9.84 Å². The lowest BCUT2D eigenvalue weighted by Crippen LogP contribution is -1.99. The molecular formula is C26H21N3O4S. The lowest BCUT2D eigenvalue weighted by atomic mass is 10.0. The predicted molar refractivity (Wildman–Crippen MR) is 131 cm³/mol. The molecule has 7 nitrogen and oxygen atoms in total. The number of rotatable bonds is 5. The highest BCUT2D eigenvalue weighted by Gasteiger charge is 2.17. The third-order valence-electron chi connectivity index (χ3n) is 5.67. The van der Waals surface area contributed by atoms with Crippen LogP contribution in [0.5, 0.6) is 11.5 Å². The number of methoxy groups -OCH3 is 1. The number of pyridine rings is 1. The second-order valence-electron chi connectivity index (χ2n) is 7.85. The summed E-state index contributed by atoms with van der Waals surface area (Å²) in [5.41, 5.74) is 4.42. The van der Waals surface area contributed by atoms with Crippen LogP contribution in [0.15, 0.2) is 90.2 Å². The highest BCUT2D eigenvalue weighted by Crippen LogP contribution is 2.36. The molecule has 2 heterocycles. The number of benzene rings is 3. The van der Waals surface area contributed by atoms with E-state index in [2.05, 4.69) is 9.97 Å². The second kappa shape index (κ2) is 8.31. The van der Waals surface area contributed by atoms with Crippen LogP contribution in [-0.4, -0.2) is 41.4 Å². The Kier molecular flexibility index (Phi) is 5.30. The molecule has 2 aromatic heterocycles. The van der Waals surface area contributed by atoms with E-state index in [9.17, 15) is 13.5 Å². The van der Waals surface area contributed by atoms with Gasteiger partial charge in [0.25, 0.3) is 0 Å². The third-order valence-corrected chi connectivity index (χ3v) is 6.82. The van der Waals surface area contributed by atoms with Crippen LogP contribution in [0.25, 0.3) is 39.1 Å². The third kappa shape index (κ3) is 3.78. The molecule has 34 heavy (non-hydrogen) atoms. The Morgan fingerprint density at radius 1 is 0.882 bits per heavy atom. The van der Waals surface area contributed by atoms with Crippen molar-refractivity contribution in [1.29, 1.82) is 0 Å².